The van der Waals surface area contributed by atoms with Gasteiger partial charge in [0.25, 0.3) is 0 Å². The minimum atomic E-state index is 0.481. The lowest BCUT2D eigenvalue weighted by Gasteiger charge is -2.21. The summed E-state index contributed by atoms with van der Waals surface area (Å²) >= 11 is 0. The fourth-order valence-corrected chi connectivity index (χ4v) is 3.26. The van der Waals surface area contributed by atoms with E-state index in [1.54, 1.807) is 0 Å². The fourth-order valence-electron chi connectivity index (χ4n) is 3.26. The minimum Gasteiger partial charge on any atom is -0.390 e. The van der Waals surface area contributed by atoms with Gasteiger partial charge in [0.1, 0.15) is 12.8 Å². The Morgan fingerprint density at radius 2 is 1.83 bits per heavy atom. The third-order valence-corrected chi connectivity index (χ3v) is 4.54. The van der Waals surface area contributed by atoms with Crippen LogP contribution >= 0.6 is 0 Å². The van der Waals surface area contributed by atoms with Crippen molar-refractivity contribution in [1.29, 1.82) is 0 Å². The highest BCUT2D eigenvalue weighted by molar-refractivity contribution is 5.79. The van der Waals surface area contributed by atoms with E-state index in [0.717, 1.165) is 17.0 Å². The SMILES string of the molecule is Cc1cccc(CON=[C]c2ccc(C3CCCCC3)cc2)c1. The second kappa shape index (κ2) is 7.96. The third kappa shape index (κ3) is 4.69. The maximum Gasteiger partial charge on any atom is 0.142 e. The molecule has 0 atom stereocenters. The normalized spacial score (nSPS) is 15.9. The lowest BCUT2D eigenvalue weighted by atomic mass is 9.84. The lowest BCUT2D eigenvalue weighted by Crippen LogP contribution is -2.04. The Morgan fingerprint density at radius 3 is 2.57 bits per heavy atom. The fraction of sp³-hybridized carbons (Fsp3) is 0.381. The second-order valence-corrected chi connectivity index (χ2v) is 6.42. The monoisotopic (exact) mass is 306 g/mol. The molecule has 0 N–H and O–H groups in total. The van der Waals surface area contributed by atoms with E-state index in [2.05, 4.69) is 54.7 Å². The van der Waals surface area contributed by atoms with Gasteiger partial charge in [-0.3, -0.25) is 0 Å². The maximum atomic E-state index is 5.34. The first-order valence-corrected chi connectivity index (χ1v) is 8.55. The molecule has 1 aliphatic carbocycles. The molecule has 1 aliphatic rings. The average molecular weight is 306 g/mol. The van der Waals surface area contributed by atoms with Gasteiger partial charge in [-0.1, -0.05) is 78.5 Å². The highest BCUT2D eigenvalue weighted by atomic mass is 16.6. The van der Waals surface area contributed by atoms with E-state index in [9.17, 15) is 0 Å². The molecular formula is C21H24NO. The Hall–Kier alpha value is -2.09. The van der Waals surface area contributed by atoms with Crippen molar-refractivity contribution in [3.05, 3.63) is 70.8 Å². The van der Waals surface area contributed by atoms with Crippen LogP contribution < -0.4 is 0 Å². The summed E-state index contributed by atoms with van der Waals surface area (Å²) in [6.45, 7) is 2.56. The average Bonchev–Trinajstić information content (AvgIpc) is 2.60. The summed E-state index contributed by atoms with van der Waals surface area (Å²) in [6.07, 6.45) is 9.75. The first-order chi connectivity index (χ1) is 11.3. The lowest BCUT2D eigenvalue weighted by molar-refractivity contribution is 0.132. The van der Waals surface area contributed by atoms with Gasteiger partial charge >= 0.3 is 0 Å². The van der Waals surface area contributed by atoms with Crippen molar-refractivity contribution in [1.82, 2.24) is 0 Å². The highest BCUT2D eigenvalue weighted by Crippen LogP contribution is 2.32. The third-order valence-electron chi connectivity index (χ3n) is 4.54. The predicted molar refractivity (Wildman–Crippen MR) is 94.8 cm³/mol. The van der Waals surface area contributed by atoms with Crippen LogP contribution in [0.15, 0.2) is 53.7 Å². The van der Waals surface area contributed by atoms with Crippen molar-refractivity contribution in [2.45, 2.75) is 51.6 Å². The zero-order valence-corrected chi connectivity index (χ0v) is 13.8. The van der Waals surface area contributed by atoms with Gasteiger partial charge in [0.15, 0.2) is 0 Å². The summed E-state index contributed by atoms with van der Waals surface area (Å²) in [4.78, 5) is 5.34. The van der Waals surface area contributed by atoms with E-state index >= 15 is 0 Å². The summed E-state index contributed by atoms with van der Waals surface area (Å²) in [7, 11) is 0. The van der Waals surface area contributed by atoms with Gasteiger partial charge in [0.05, 0.1) is 0 Å². The Labute approximate surface area is 139 Å². The molecule has 119 valence electrons. The molecule has 0 aliphatic heterocycles. The molecule has 0 amide bonds. The molecule has 1 radical (unpaired) electrons. The van der Waals surface area contributed by atoms with Crippen LogP contribution in [0.2, 0.25) is 0 Å². The van der Waals surface area contributed by atoms with E-state index in [1.807, 2.05) is 12.1 Å². The minimum absolute atomic E-state index is 0.481. The Bertz CT molecular complexity index is 639. The van der Waals surface area contributed by atoms with Crippen molar-refractivity contribution in [3.63, 3.8) is 0 Å². The van der Waals surface area contributed by atoms with Gasteiger partial charge in [-0.25, -0.2) is 0 Å². The first-order valence-electron chi connectivity index (χ1n) is 8.55. The molecule has 23 heavy (non-hydrogen) atoms. The van der Waals surface area contributed by atoms with Gasteiger partial charge in [-0.05, 0) is 36.8 Å². The summed E-state index contributed by atoms with van der Waals surface area (Å²) in [5, 5.41) is 3.96. The van der Waals surface area contributed by atoms with Crippen molar-refractivity contribution in [3.8, 4) is 0 Å². The molecule has 1 saturated carbocycles. The van der Waals surface area contributed by atoms with Crippen LogP contribution in [-0.4, -0.2) is 6.21 Å². The maximum absolute atomic E-state index is 5.34. The van der Waals surface area contributed by atoms with Crippen LogP contribution in [0.3, 0.4) is 0 Å². The number of benzene rings is 2. The molecule has 0 unspecified atom stereocenters. The highest BCUT2D eigenvalue weighted by Gasteiger charge is 2.14. The van der Waals surface area contributed by atoms with Crippen molar-refractivity contribution in [2.24, 2.45) is 5.16 Å². The summed E-state index contributed by atoms with van der Waals surface area (Å²) in [5.41, 5.74) is 4.78. The standard InChI is InChI=1S/C21H24NO/c1-17-6-5-7-19(14-17)16-23-22-15-18-10-12-21(13-11-18)20-8-3-2-4-9-20/h5-7,10-14,20H,2-4,8-9,16H2,1H3. The van der Waals surface area contributed by atoms with Crippen molar-refractivity contribution < 1.29 is 4.84 Å². The number of aryl methyl sites for hydroxylation is 1. The molecule has 2 heteroatoms. The largest absolute Gasteiger partial charge is 0.390 e. The van der Waals surface area contributed by atoms with E-state index < -0.39 is 0 Å². The molecular weight excluding hydrogens is 282 g/mol. The zero-order chi connectivity index (χ0) is 15.9. The first kappa shape index (κ1) is 15.8. The smallest absolute Gasteiger partial charge is 0.142 e. The summed E-state index contributed by atoms with van der Waals surface area (Å²) in [6, 6.07) is 16.9. The Morgan fingerprint density at radius 1 is 1.04 bits per heavy atom. The number of hydrogen-bond donors (Lipinski definition) is 0. The topological polar surface area (TPSA) is 21.6 Å². The molecule has 0 saturated heterocycles. The van der Waals surface area contributed by atoms with E-state index in [1.165, 1.54) is 43.2 Å². The molecule has 0 spiro atoms. The van der Waals surface area contributed by atoms with Crippen LogP contribution in [-0.2, 0) is 11.4 Å². The Kier molecular flexibility index (Phi) is 5.46. The number of rotatable bonds is 5. The van der Waals surface area contributed by atoms with Gasteiger partial charge in [0.2, 0.25) is 0 Å². The van der Waals surface area contributed by atoms with E-state index in [4.69, 9.17) is 4.84 Å². The molecule has 1 fully saturated rings. The van der Waals surface area contributed by atoms with Crippen LogP contribution in [0, 0.1) is 6.92 Å². The van der Waals surface area contributed by atoms with Crippen molar-refractivity contribution >= 4 is 6.21 Å². The molecule has 0 bridgehead atoms. The number of nitrogens with zero attached hydrogens (tertiary/aromatic N) is 1. The van der Waals surface area contributed by atoms with Crippen molar-refractivity contribution in [2.75, 3.05) is 0 Å². The quantitative estimate of drug-likeness (QED) is 0.530. The Balaban J connectivity index is 1.51. The summed E-state index contributed by atoms with van der Waals surface area (Å²) in [5.74, 6) is 0.743. The van der Waals surface area contributed by atoms with Crippen LogP contribution in [0.25, 0.3) is 0 Å². The van der Waals surface area contributed by atoms with Crippen LogP contribution in [0.1, 0.15) is 60.3 Å². The van der Waals surface area contributed by atoms with Crippen LogP contribution in [0.4, 0.5) is 0 Å². The number of hydrogen-bond acceptors (Lipinski definition) is 2. The van der Waals surface area contributed by atoms with Crippen LogP contribution in [0.5, 0.6) is 0 Å². The molecule has 2 nitrogen and oxygen atoms in total. The summed E-state index contributed by atoms with van der Waals surface area (Å²) < 4.78 is 0. The zero-order valence-electron chi connectivity index (χ0n) is 13.8. The molecule has 2 aromatic carbocycles. The predicted octanol–water partition coefficient (Wildman–Crippen LogP) is 5.47. The van der Waals surface area contributed by atoms with Gasteiger partial charge < -0.3 is 4.84 Å². The van der Waals surface area contributed by atoms with Gasteiger partial charge in [0, 0.05) is 5.56 Å². The van der Waals surface area contributed by atoms with E-state index in [0.29, 0.717) is 6.61 Å². The molecule has 0 heterocycles. The second-order valence-electron chi connectivity index (χ2n) is 6.42. The molecule has 2 aromatic rings. The van der Waals surface area contributed by atoms with Gasteiger partial charge in [-0.2, -0.15) is 0 Å². The van der Waals surface area contributed by atoms with Gasteiger partial charge in [-0.15, -0.1) is 0 Å². The molecule has 0 aromatic heterocycles. The van der Waals surface area contributed by atoms with E-state index in [-0.39, 0.29) is 0 Å². The molecule has 3 rings (SSSR count).